The van der Waals surface area contributed by atoms with E-state index < -0.39 is 5.91 Å². The second-order valence-corrected chi connectivity index (χ2v) is 7.74. The Hall–Kier alpha value is -4.58. The second-order valence-electron chi connectivity index (χ2n) is 7.74. The third-order valence-corrected chi connectivity index (χ3v) is 5.54. The Morgan fingerprint density at radius 3 is 2.24 bits per heavy atom. The van der Waals surface area contributed by atoms with E-state index in [4.69, 9.17) is 10.5 Å². The number of benzene rings is 4. The molecule has 0 atom stereocenters. The number of nitrogens with one attached hydrogen (secondary N) is 2. The lowest BCUT2D eigenvalue weighted by Gasteiger charge is -2.14. The molecule has 0 bridgehead atoms. The molecule has 0 aromatic heterocycles. The summed E-state index contributed by atoms with van der Waals surface area (Å²) in [7, 11) is 0. The van der Waals surface area contributed by atoms with Crippen molar-refractivity contribution >= 4 is 23.2 Å². The van der Waals surface area contributed by atoms with Gasteiger partial charge in [-0.2, -0.15) is 0 Å². The molecule has 0 saturated heterocycles. The molecular weight excluding hydrogens is 414 g/mol. The van der Waals surface area contributed by atoms with Crippen LogP contribution in [0.3, 0.4) is 0 Å². The van der Waals surface area contributed by atoms with Gasteiger partial charge in [0.25, 0.3) is 5.91 Å². The minimum atomic E-state index is -0.475. The zero-order chi connectivity index (χ0) is 22.8. The van der Waals surface area contributed by atoms with Gasteiger partial charge in [-0.25, -0.2) is 0 Å². The number of fused-ring (bicyclic) bond motifs is 1. The zero-order valence-electron chi connectivity index (χ0n) is 17.7. The average molecular weight is 435 g/mol. The Morgan fingerprint density at radius 1 is 0.848 bits per heavy atom. The summed E-state index contributed by atoms with van der Waals surface area (Å²) in [5.74, 6) is 0.931. The van der Waals surface area contributed by atoms with E-state index in [2.05, 4.69) is 10.6 Å². The highest BCUT2D eigenvalue weighted by Gasteiger charge is 2.23. The highest BCUT2D eigenvalue weighted by molar-refractivity contribution is 6.02. The van der Waals surface area contributed by atoms with Gasteiger partial charge >= 0.3 is 0 Å². The fraction of sp³-hybridized carbons (Fsp3) is 0.0370. The lowest BCUT2D eigenvalue weighted by molar-refractivity contribution is 0.0964. The maximum absolute atomic E-state index is 12.4. The van der Waals surface area contributed by atoms with Gasteiger partial charge in [-0.3, -0.25) is 9.59 Å². The minimum Gasteiger partial charge on any atom is -0.457 e. The van der Waals surface area contributed by atoms with E-state index in [1.165, 1.54) is 0 Å². The molecule has 162 valence electrons. The van der Waals surface area contributed by atoms with E-state index >= 15 is 0 Å². The number of primary amides is 1. The average Bonchev–Trinajstić information content (AvgIpc) is 3.22. The fourth-order valence-corrected chi connectivity index (χ4v) is 3.82. The van der Waals surface area contributed by atoms with E-state index in [0.29, 0.717) is 17.7 Å². The molecule has 0 saturated carbocycles. The Labute approximate surface area is 191 Å². The summed E-state index contributed by atoms with van der Waals surface area (Å²) in [5, 5.41) is 6.32. The summed E-state index contributed by atoms with van der Waals surface area (Å²) < 4.78 is 5.86. The summed E-state index contributed by atoms with van der Waals surface area (Å²) in [6, 6.07) is 28.2. The van der Waals surface area contributed by atoms with Crippen molar-refractivity contribution in [2.75, 3.05) is 5.32 Å². The van der Waals surface area contributed by atoms with Crippen LogP contribution in [-0.4, -0.2) is 11.8 Å². The lowest BCUT2D eigenvalue weighted by Crippen LogP contribution is -2.12. The van der Waals surface area contributed by atoms with Gasteiger partial charge in [-0.1, -0.05) is 30.3 Å². The SMILES string of the molecule is NC(=O)c1ccc(-c2cc(Nc3ccc(Oc4ccccc4)cc3)c3c(c2)C(=O)NC3)cc1. The number of rotatable bonds is 6. The van der Waals surface area contributed by atoms with Crippen molar-refractivity contribution in [3.8, 4) is 22.6 Å². The first-order valence-corrected chi connectivity index (χ1v) is 10.5. The molecule has 0 spiro atoms. The Morgan fingerprint density at radius 2 is 1.55 bits per heavy atom. The molecule has 1 aliphatic rings. The number of carbonyl (C=O) groups is 2. The maximum atomic E-state index is 12.4. The van der Waals surface area contributed by atoms with E-state index in [1.54, 1.807) is 12.1 Å². The predicted octanol–water partition coefficient (Wildman–Crippen LogP) is 5.23. The number of para-hydroxylation sites is 1. The van der Waals surface area contributed by atoms with E-state index in [-0.39, 0.29) is 5.91 Å². The minimum absolute atomic E-state index is 0.102. The van der Waals surface area contributed by atoms with Crippen molar-refractivity contribution in [3.63, 3.8) is 0 Å². The zero-order valence-corrected chi connectivity index (χ0v) is 17.7. The highest BCUT2D eigenvalue weighted by atomic mass is 16.5. The van der Waals surface area contributed by atoms with Crippen molar-refractivity contribution in [2.45, 2.75) is 6.54 Å². The first-order valence-electron chi connectivity index (χ1n) is 10.5. The van der Waals surface area contributed by atoms with Crippen molar-refractivity contribution in [1.82, 2.24) is 5.32 Å². The summed E-state index contributed by atoms with van der Waals surface area (Å²) in [4.78, 5) is 23.8. The number of carbonyl (C=O) groups excluding carboxylic acids is 2. The normalized spacial score (nSPS) is 12.1. The van der Waals surface area contributed by atoms with Crippen LogP contribution < -0.4 is 21.1 Å². The van der Waals surface area contributed by atoms with Crippen LogP contribution in [-0.2, 0) is 6.54 Å². The second kappa shape index (κ2) is 8.51. The first-order chi connectivity index (χ1) is 16.1. The van der Waals surface area contributed by atoms with Gasteiger partial charge < -0.3 is 21.1 Å². The van der Waals surface area contributed by atoms with Gasteiger partial charge in [0.15, 0.2) is 0 Å². The quantitative estimate of drug-likeness (QED) is 0.386. The van der Waals surface area contributed by atoms with E-state index in [1.807, 2.05) is 78.9 Å². The summed E-state index contributed by atoms with van der Waals surface area (Å²) >= 11 is 0. The van der Waals surface area contributed by atoms with Crippen molar-refractivity contribution in [3.05, 3.63) is 108 Å². The third kappa shape index (κ3) is 4.27. The number of hydrogen-bond acceptors (Lipinski definition) is 4. The fourth-order valence-electron chi connectivity index (χ4n) is 3.82. The van der Waals surface area contributed by atoms with Crippen LogP contribution in [0.25, 0.3) is 11.1 Å². The van der Waals surface area contributed by atoms with Crippen molar-refractivity contribution < 1.29 is 14.3 Å². The third-order valence-electron chi connectivity index (χ3n) is 5.54. The smallest absolute Gasteiger partial charge is 0.251 e. The molecular formula is C27H21N3O3. The van der Waals surface area contributed by atoms with Gasteiger partial charge in [0.1, 0.15) is 11.5 Å². The molecule has 33 heavy (non-hydrogen) atoms. The van der Waals surface area contributed by atoms with Crippen molar-refractivity contribution in [1.29, 1.82) is 0 Å². The van der Waals surface area contributed by atoms with Crippen LogP contribution in [0.2, 0.25) is 0 Å². The summed E-state index contributed by atoms with van der Waals surface area (Å²) in [6.45, 7) is 0.465. The number of nitrogens with two attached hydrogens (primary N) is 1. The molecule has 0 unspecified atom stereocenters. The Bertz CT molecular complexity index is 1330. The highest BCUT2D eigenvalue weighted by Crippen LogP contribution is 2.34. The topological polar surface area (TPSA) is 93.5 Å². The molecule has 5 rings (SSSR count). The molecule has 1 heterocycles. The lowest BCUT2D eigenvalue weighted by atomic mass is 9.97. The number of hydrogen-bond donors (Lipinski definition) is 3. The van der Waals surface area contributed by atoms with Crippen LogP contribution in [0, 0.1) is 0 Å². The van der Waals surface area contributed by atoms with E-state index in [0.717, 1.165) is 39.6 Å². The molecule has 0 radical (unpaired) electrons. The number of amides is 2. The van der Waals surface area contributed by atoms with Gasteiger partial charge in [0.05, 0.1) is 0 Å². The van der Waals surface area contributed by atoms with Crippen LogP contribution in [0.15, 0.2) is 91.0 Å². The molecule has 6 nitrogen and oxygen atoms in total. The van der Waals surface area contributed by atoms with Gasteiger partial charge in [-0.05, 0) is 71.8 Å². The molecule has 0 aliphatic carbocycles. The maximum Gasteiger partial charge on any atom is 0.251 e. The monoisotopic (exact) mass is 435 g/mol. The molecule has 1 aliphatic heterocycles. The summed E-state index contributed by atoms with van der Waals surface area (Å²) in [6.07, 6.45) is 0. The molecule has 2 amide bonds. The summed E-state index contributed by atoms with van der Waals surface area (Å²) in [5.41, 5.74) is 10.8. The molecule has 4 aromatic carbocycles. The van der Waals surface area contributed by atoms with E-state index in [9.17, 15) is 9.59 Å². The Balaban J connectivity index is 1.43. The Kier molecular flexibility index (Phi) is 5.24. The van der Waals surface area contributed by atoms with Crippen LogP contribution in [0.4, 0.5) is 11.4 Å². The predicted molar refractivity (Wildman–Crippen MR) is 128 cm³/mol. The van der Waals surface area contributed by atoms with Crippen LogP contribution in [0.1, 0.15) is 26.3 Å². The molecule has 4 aromatic rings. The largest absolute Gasteiger partial charge is 0.457 e. The molecule has 0 fully saturated rings. The standard InChI is InChI=1S/C27H21N3O3/c28-26(31)18-8-6-17(7-9-18)19-14-23-24(16-29-27(23)32)25(15-19)30-20-10-12-22(13-11-20)33-21-4-2-1-3-5-21/h1-15,30H,16H2,(H2,28,31)(H,29,32). The molecule has 4 N–H and O–H groups in total. The number of ether oxygens (including phenoxy) is 1. The number of anilines is 2. The van der Waals surface area contributed by atoms with Crippen molar-refractivity contribution in [2.24, 2.45) is 5.73 Å². The van der Waals surface area contributed by atoms with Crippen LogP contribution in [0.5, 0.6) is 11.5 Å². The van der Waals surface area contributed by atoms with Gasteiger partial charge in [0.2, 0.25) is 5.91 Å². The molecule has 6 heteroatoms. The van der Waals surface area contributed by atoms with Gasteiger partial charge in [-0.15, -0.1) is 0 Å². The first kappa shape index (κ1) is 20.3. The van der Waals surface area contributed by atoms with Crippen LogP contribution >= 0.6 is 0 Å². The van der Waals surface area contributed by atoms with Gasteiger partial charge in [0, 0.05) is 34.6 Å².